The second-order valence-corrected chi connectivity index (χ2v) is 8.97. The van der Waals surface area contributed by atoms with Crippen LogP contribution in [-0.4, -0.2) is 90.7 Å². The van der Waals surface area contributed by atoms with Crippen LogP contribution in [0, 0.1) is 0 Å². The molecular weight excluding hydrogens is 378 g/mol. The van der Waals surface area contributed by atoms with Crippen LogP contribution < -0.4 is 5.32 Å². The van der Waals surface area contributed by atoms with Crippen molar-refractivity contribution in [2.24, 2.45) is 0 Å². The first-order valence-corrected chi connectivity index (χ1v) is 11.6. The summed E-state index contributed by atoms with van der Waals surface area (Å²) in [6.07, 6.45) is 5.96. The number of piperazine rings is 1. The van der Waals surface area contributed by atoms with Crippen molar-refractivity contribution in [3.05, 3.63) is 23.4 Å². The number of fused-ring (bicyclic) bond motifs is 1. The molecule has 0 bridgehead atoms. The zero-order chi connectivity index (χ0) is 20.9. The van der Waals surface area contributed by atoms with Gasteiger partial charge in [-0.15, -0.1) is 0 Å². The Hall–Kier alpha value is -1.70. The van der Waals surface area contributed by atoms with Crippen LogP contribution in [0.25, 0.3) is 0 Å². The molecule has 0 spiro atoms. The van der Waals surface area contributed by atoms with Crippen LogP contribution in [0.2, 0.25) is 0 Å². The summed E-state index contributed by atoms with van der Waals surface area (Å²) in [5, 5.41) is 3.47. The highest BCUT2D eigenvalue weighted by Crippen LogP contribution is 2.25. The van der Waals surface area contributed by atoms with Crippen LogP contribution in [0.1, 0.15) is 43.9 Å². The second-order valence-electron chi connectivity index (χ2n) is 8.97. The first-order valence-electron chi connectivity index (χ1n) is 11.6. The maximum atomic E-state index is 12.8. The zero-order valence-electron chi connectivity index (χ0n) is 18.6. The van der Waals surface area contributed by atoms with E-state index >= 15 is 0 Å². The molecule has 1 saturated carbocycles. The van der Waals surface area contributed by atoms with E-state index in [0.29, 0.717) is 13.2 Å². The molecule has 3 heterocycles. The van der Waals surface area contributed by atoms with Gasteiger partial charge in [0.15, 0.2) is 0 Å². The van der Waals surface area contributed by atoms with Gasteiger partial charge in [0.1, 0.15) is 5.82 Å². The van der Waals surface area contributed by atoms with Crippen molar-refractivity contribution < 1.29 is 9.53 Å². The number of hydrogen-bond donors (Lipinski definition) is 1. The molecule has 1 unspecified atom stereocenters. The van der Waals surface area contributed by atoms with Gasteiger partial charge in [-0.25, -0.2) is 4.98 Å². The van der Waals surface area contributed by atoms with Crippen LogP contribution in [0.4, 0.5) is 5.82 Å². The third-order valence-corrected chi connectivity index (χ3v) is 6.96. The average molecular weight is 416 g/mol. The maximum absolute atomic E-state index is 12.8. The Morgan fingerprint density at radius 2 is 2.03 bits per heavy atom. The molecule has 30 heavy (non-hydrogen) atoms. The van der Waals surface area contributed by atoms with Crippen LogP contribution in [-0.2, 0) is 22.5 Å². The van der Waals surface area contributed by atoms with Crippen LogP contribution in [0.3, 0.4) is 0 Å². The van der Waals surface area contributed by atoms with E-state index in [-0.39, 0.29) is 11.9 Å². The predicted molar refractivity (Wildman–Crippen MR) is 119 cm³/mol. The van der Waals surface area contributed by atoms with Crippen molar-refractivity contribution >= 4 is 11.7 Å². The molecular formula is C23H37N5O2. The monoisotopic (exact) mass is 415 g/mol. The first kappa shape index (κ1) is 21.5. The molecule has 7 nitrogen and oxygen atoms in total. The van der Waals surface area contributed by atoms with Crippen LogP contribution >= 0.6 is 0 Å². The van der Waals surface area contributed by atoms with E-state index < -0.39 is 0 Å². The van der Waals surface area contributed by atoms with Gasteiger partial charge >= 0.3 is 0 Å². The molecule has 3 aliphatic rings. The molecule has 1 aliphatic carbocycles. The fourth-order valence-electron chi connectivity index (χ4n) is 4.74. The number of ether oxygens (including phenoxy) is 1. The molecule has 4 rings (SSSR count). The summed E-state index contributed by atoms with van der Waals surface area (Å²) in [4.78, 5) is 24.6. The third kappa shape index (κ3) is 5.13. The van der Waals surface area contributed by atoms with Crippen molar-refractivity contribution in [2.45, 2.75) is 57.7 Å². The fourth-order valence-corrected chi connectivity index (χ4v) is 4.74. The van der Waals surface area contributed by atoms with E-state index in [0.717, 1.165) is 69.7 Å². The molecule has 1 aromatic heterocycles. The van der Waals surface area contributed by atoms with Crippen LogP contribution in [0.15, 0.2) is 12.1 Å². The molecule has 166 valence electrons. The SMILES string of the molecule is CCC(COC)Nc1ccc2c(n1)CCN(CC(=O)N1CCN(C3CCC3)CC1)C2. The quantitative estimate of drug-likeness (QED) is 0.701. The molecule has 1 aromatic rings. The lowest BCUT2D eigenvalue weighted by Gasteiger charge is -2.43. The zero-order valence-corrected chi connectivity index (χ0v) is 18.6. The highest BCUT2D eigenvalue weighted by atomic mass is 16.5. The van der Waals surface area contributed by atoms with Gasteiger partial charge in [-0.3, -0.25) is 14.6 Å². The number of carbonyl (C=O) groups excluding carboxylic acids is 1. The second kappa shape index (κ2) is 10.1. The number of aromatic nitrogens is 1. The van der Waals surface area contributed by atoms with Crippen molar-refractivity contribution in [3.63, 3.8) is 0 Å². The molecule has 7 heteroatoms. The van der Waals surface area contributed by atoms with Gasteiger partial charge in [-0.05, 0) is 30.9 Å². The predicted octanol–water partition coefficient (Wildman–Crippen LogP) is 1.97. The van der Waals surface area contributed by atoms with Crippen LogP contribution in [0.5, 0.6) is 0 Å². The normalized spacial score (nSPS) is 21.7. The molecule has 0 aromatic carbocycles. The summed E-state index contributed by atoms with van der Waals surface area (Å²) in [5.41, 5.74) is 2.40. The number of pyridine rings is 1. The number of nitrogens with zero attached hydrogens (tertiary/aromatic N) is 4. The Bertz CT molecular complexity index is 716. The highest BCUT2D eigenvalue weighted by Gasteiger charge is 2.30. The minimum atomic E-state index is 0.281. The summed E-state index contributed by atoms with van der Waals surface area (Å²) in [6, 6.07) is 5.29. The number of rotatable bonds is 8. The summed E-state index contributed by atoms with van der Waals surface area (Å²) < 4.78 is 5.27. The molecule has 1 N–H and O–H groups in total. The number of anilines is 1. The van der Waals surface area contributed by atoms with Gasteiger partial charge in [-0.1, -0.05) is 19.4 Å². The molecule has 1 atom stereocenters. The van der Waals surface area contributed by atoms with E-state index in [1.165, 1.54) is 24.8 Å². The van der Waals surface area contributed by atoms with Gasteiger partial charge in [0.25, 0.3) is 0 Å². The van der Waals surface area contributed by atoms with E-state index in [1.54, 1.807) is 7.11 Å². The number of nitrogens with one attached hydrogen (secondary N) is 1. The van der Waals surface area contributed by atoms with Crippen molar-refractivity contribution in [1.82, 2.24) is 19.7 Å². The smallest absolute Gasteiger partial charge is 0.236 e. The number of hydrogen-bond acceptors (Lipinski definition) is 6. The molecule has 2 fully saturated rings. The van der Waals surface area contributed by atoms with E-state index in [1.807, 2.05) is 0 Å². The van der Waals surface area contributed by atoms with E-state index in [2.05, 4.69) is 39.1 Å². The summed E-state index contributed by atoms with van der Waals surface area (Å²) in [6.45, 7) is 8.92. The minimum Gasteiger partial charge on any atom is -0.383 e. The Morgan fingerprint density at radius 1 is 1.23 bits per heavy atom. The molecule has 0 radical (unpaired) electrons. The molecule has 1 saturated heterocycles. The maximum Gasteiger partial charge on any atom is 0.236 e. The summed E-state index contributed by atoms with van der Waals surface area (Å²) >= 11 is 0. The number of amides is 1. The standard InChI is InChI=1S/C23H37N5O2/c1-3-19(17-30-2)24-22-8-7-18-15-26(10-9-21(18)25-22)16-23(29)28-13-11-27(12-14-28)20-5-4-6-20/h7-8,19-20H,3-6,9-17H2,1-2H3,(H,24,25). The van der Waals surface area contributed by atoms with E-state index in [4.69, 9.17) is 9.72 Å². The van der Waals surface area contributed by atoms with Gasteiger partial charge in [0.05, 0.1) is 19.2 Å². The lowest BCUT2D eigenvalue weighted by Crippen LogP contribution is -2.55. The van der Waals surface area contributed by atoms with Gasteiger partial charge in [0.2, 0.25) is 5.91 Å². The molecule has 2 aliphatic heterocycles. The third-order valence-electron chi connectivity index (χ3n) is 6.96. The topological polar surface area (TPSA) is 60.9 Å². The lowest BCUT2D eigenvalue weighted by atomic mass is 9.91. The summed E-state index contributed by atoms with van der Waals surface area (Å²) in [5.74, 6) is 1.20. The Labute approximate surface area is 180 Å². The first-order chi connectivity index (χ1) is 14.7. The minimum absolute atomic E-state index is 0.281. The van der Waals surface area contributed by atoms with E-state index in [9.17, 15) is 4.79 Å². The number of methoxy groups -OCH3 is 1. The lowest BCUT2D eigenvalue weighted by molar-refractivity contribution is -0.135. The number of carbonyl (C=O) groups is 1. The van der Waals surface area contributed by atoms with Crippen molar-refractivity contribution in [3.8, 4) is 0 Å². The Balaban J connectivity index is 1.26. The highest BCUT2D eigenvalue weighted by molar-refractivity contribution is 5.78. The fraction of sp³-hybridized carbons (Fsp3) is 0.739. The van der Waals surface area contributed by atoms with Gasteiger partial charge in [-0.2, -0.15) is 0 Å². The van der Waals surface area contributed by atoms with Crippen molar-refractivity contribution in [1.29, 1.82) is 0 Å². The van der Waals surface area contributed by atoms with Gasteiger partial charge in [0, 0.05) is 64.5 Å². The average Bonchev–Trinajstić information content (AvgIpc) is 2.72. The molecule has 1 amide bonds. The largest absolute Gasteiger partial charge is 0.383 e. The Kier molecular flexibility index (Phi) is 7.23. The van der Waals surface area contributed by atoms with Crippen molar-refractivity contribution in [2.75, 3.05) is 58.3 Å². The summed E-state index contributed by atoms with van der Waals surface area (Å²) in [7, 11) is 1.73. The Morgan fingerprint density at radius 3 is 2.70 bits per heavy atom. The van der Waals surface area contributed by atoms with Gasteiger partial charge < -0.3 is 15.0 Å².